The van der Waals surface area contributed by atoms with Crippen molar-refractivity contribution < 1.29 is 9.53 Å². The van der Waals surface area contributed by atoms with Gasteiger partial charge in [-0.25, -0.2) is 0 Å². The molecule has 1 rings (SSSR count). The van der Waals surface area contributed by atoms with Crippen LogP contribution in [0.25, 0.3) is 0 Å². The fraction of sp³-hybridized carbons (Fsp3) is 0.690. The van der Waals surface area contributed by atoms with Crippen LogP contribution in [0.1, 0.15) is 124 Å². The van der Waals surface area contributed by atoms with Crippen molar-refractivity contribution in [2.45, 2.75) is 124 Å². The highest BCUT2D eigenvalue weighted by atomic mass is 16.5. The molecule has 0 aliphatic heterocycles. The van der Waals surface area contributed by atoms with Gasteiger partial charge in [-0.15, -0.1) is 6.58 Å². The first-order valence-corrected chi connectivity index (χ1v) is 12.9. The van der Waals surface area contributed by atoms with Gasteiger partial charge in [-0.1, -0.05) is 133 Å². The van der Waals surface area contributed by atoms with Crippen molar-refractivity contribution in [3.63, 3.8) is 0 Å². The van der Waals surface area contributed by atoms with E-state index in [1.807, 2.05) is 6.08 Å². The summed E-state index contributed by atoms with van der Waals surface area (Å²) in [6.45, 7) is 11.4. The number of hydrogen-bond donors (Lipinski definition) is 0. The molecular weight excluding hydrogens is 380 g/mol. The second kappa shape index (κ2) is 30.6. The van der Waals surface area contributed by atoms with Gasteiger partial charge < -0.3 is 4.74 Å². The molecule has 0 unspecified atom stereocenters. The van der Waals surface area contributed by atoms with Crippen molar-refractivity contribution in [3.05, 3.63) is 48.6 Å². The van der Waals surface area contributed by atoms with Gasteiger partial charge in [-0.2, -0.15) is 0 Å². The van der Waals surface area contributed by atoms with E-state index < -0.39 is 0 Å². The van der Waals surface area contributed by atoms with Crippen LogP contribution in [-0.4, -0.2) is 13.1 Å². The van der Waals surface area contributed by atoms with Crippen LogP contribution in [0.4, 0.5) is 0 Å². The number of carbonyl (C=O) groups is 1. The highest BCUT2D eigenvalue weighted by Gasteiger charge is 1.90. The summed E-state index contributed by atoms with van der Waals surface area (Å²) in [5, 5.41) is 0. The highest BCUT2D eigenvalue weighted by molar-refractivity contribution is 5.36. The Labute approximate surface area is 194 Å². The number of unbranched alkanes of at least 4 members (excludes halogenated alkanes) is 13. The molecule has 0 aromatic carbocycles. The van der Waals surface area contributed by atoms with Crippen molar-refractivity contribution in [2.75, 3.05) is 6.61 Å². The van der Waals surface area contributed by atoms with Gasteiger partial charge >= 0.3 is 0 Å². The van der Waals surface area contributed by atoms with Crippen LogP contribution in [0.5, 0.6) is 0 Å². The average molecular weight is 433 g/mol. The summed E-state index contributed by atoms with van der Waals surface area (Å²) >= 11 is 0. The maximum absolute atomic E-state index is 9.78. The summed E-state index contributed by atoms with van der Waals surface area (Å²) in [5.74, 6) is 0. The molecule has 180 valence electrons. The van der Waals surface area contributed by atoms with Gasteiger partial charge in [-0.05, 0) is 32.6 Å². The SMILES string of the molecule is C=CCCCCCCCCOC=O.CC1=CCC=CC=C1.CCCCCCCCCC. The molecule has 0 heterocycles. The zero-order chi connectivity index (χ0) is 23.3. The predicted octanol–water partition coefficient (Wildman–Crippen LogP) is 9.67. The molecule has 0 fully saturated rings. The summed E-state index contributed by atoms with van der Waals surface area (Å²) in [5.41, 5.74) is 1.36. The summed E-state index contributed by atoms with van der Waals surface area (Å²) < 4.78 is 4.58. The Kier molecular flexibility index (Phi) is 31.2. The third-order valence-corrected chi connectivity index (χ3v) is 5.13. The maximum Gasteiger partial charge on any atom is 0.293 e. The number of ether oxygens (including phenoxy) is 1. The lowest BCUT2D eigenvalue weighted by Crippen LogP contribution is -1.91. The lowest BCUT2D eigenvalue weighted by Gasteiger charge is -1.99. The lowest BCUT2D eigenvalue weighted by atomic mass is 10.1. The van der Waals surface area contributed by atoms with Gasteiger partial charge in [0.25, 0.3) is 6.47 Å². The number of allylic oxidation sites excluding steroid dienone is 7. The Bertz CT molecular complexity index is 421. The quantitative estimate of drug-likeness (QED) is 0.130. The first-order valence-electron chi connectivity index (χ1n) is 12.9. The average Bonchev–Trinajstić information content (AvgIpc) is 3.03. The van der Waals surface area contributed by atoms with Crippen LogP contribution in [0.15, 0.2) is 48.6 Å². The molecule has 1 aliphatic carbocycles. The Morgan fingerprint density at radius 3 is 1.94 bits per heavy atom. The standard InChI is InChI=1S/C11H20O2.C10H22.C8H10/c1-2-3-4-5-6-7-8-9-10-13-11-12;1-3-5-7-9-10-8-6-4-2;1-8-6-4-2-3-5-7-8/h2,11H,1,3-10H2;3-10H2,1-2H3;2-4,6-7H,5H2,1H3. The number of hydrogen-bond acceptors (Lipinski definition) is 2. The van der Waals surface area contributed by atoms with Crippen LogP contribution in [0.3, 0.4) is 0 Å². The third kappa shape index (κ3) is 33.3. The third-order valence-electron chi connectivity index (χ3n) is 5.13. The minimum absolute atomic E-state index is 0.518. The van der Waals surface area contributed by atoms with Crippen LogP contribution >= 0.6 is 0 Å². The summed E-state index contributed by atoms with van der Waals surface area (Å²) in [6.07, 6.45) is 33.5. The molecular formula is C29H52O2. The molecule has 0 bridgehead atoms. The monoisotopic (exact) mass is 432 g/mol. The molecule has 0 aromatic rings. The summed E-state index contributed by atoms with van der Waals surface area (Å²) in [7, 11) is 0. The van der Waals surface area contributed by atoms with Gasteiger partial charge in [0.05, 0.1) is 6.61 Å². The molecule has 0 radical (unpaired) electrons. The van der Waals surface area contributed by atoms with E-state index in [1.165, 1.54) is 89.0 Å². The first kappa shape index (κ1) is 31.6. The zero-order valence-corrected chi connectivity index (χ0v) is 21.1. The molecule has 0 saturated carbocycles. The van der Waals surface area contributed by atoms with Gasteiger partial charge in [0, 0.05) is 0 Å². The molecule has 31 heavy (non-hydrogen) atoms. The minimum Gasteiger partial charge on any atom is -0.468 e. The maximum atomic E-state index is 9.78. The number of rotatable bonds is 17. The minimum atomic E-state index is 0.518. The topological polar surface area (TPSA) is 26.3 Å². The zero-order valence-electron chi connectivity index (χ0n) is 21.1. The molecule has 0 saturated heterocycles. The van der Waals surface area contributed by atoms with E-state index in [0.717, 1.165) is 19.3 Å². The fourth-order valence-electron chi connectivity index (χ4n) is 3.12. The normalized spacial score (nSPS) is 11.9. The fourth-order valence-corrected chi connectivity index (χ4v) is 3.12. The first-order chi connectivity index (χ1) is 15.2. The summed E-state index contributed by atoms with van der Waals surface area (Å²) in [6, 6.07) is 0. The van der Waals surface area contributed by atoms with Crippen molar-refractivity contribution in [2.24, 2.45) is 0 Å². The van der Waals surface area contributed by atoms with Crippen LogP contribution in [0, 0.1) is 0 Å². The molecule has 2 heteroatoms. The Hall–Kier alpha value is -1.57. The molecule has 0 spiro atoms. The Morgan fingerprint density at radius 2 is 1.39 bits per heavy atom. The van der Waals surface area contributed by atoms with E-state index in [9.17, 15) is 4.79 Å². The smallest absolute Gasteiger partial charge is 0.293 e. The predicted molar refractivity (Wildman–Crippen MR) is 139 cm³/mol. The van der Waals surface area contributed by atoms with Crippen LogP contribution in [0.2, 0.25) is 0 Å². The lowest BCUT2D eigenvalue weighted by molar-refractivity contribution is -0.128. The van der Waals surface area contributed by atoms with E-state index in [0.29, 0.717) is 13.1 Å². The molecule has 0 N–H and O–H groups in total. The Balaban J connectivity index is 0. The Morgan fingerprint density at radius 1 is 0.839 bits per heavy atom. The van der Waals surface area contributed by atoms with Crippen molar-refractivity contribution in [1.29, 1.82) is 0 Å². The van der Waals surface area contributed by atoms with Gasteiger partial charge in [0.1, 0.15) is 0 Å². The second-order valence-electron chi connectivity index (χ2n) is 8.26. The molecule has 1 aliphatic rings. The van der Waals surface area contributed by atoms with E-state index in [-0.39, 0.29) is 0 Å². The van der Waals surface area contributed by atoms with Crippen LogP contribution < -0.4 is 0 Å². The van der Waals surface area contributed by atoms with Crippen molar-refractivity contribution >= 4 is 6.47 Å². The second-order valence-corrected chi connectivity index (χ2v) is 8.26. The highest BCUT2D eigenvalue weighted by Crippen LogP contribution is 2.08. The molecule has 2 nitrogen and oxygen atoms in total. The summed E-state index contributed by atoms with van der Waals surface area (Å²) in [4.78, 5) is 9.78. The van der Waals surface area contributed by atoms with Crippen LogP contribution in [-0.2, 0) is 9.53 Å². The molecule has 0 amide bonds. The van der Waals surface area contributed by atoms with Gasteiger partial charge in [0.15, 0.2) is 0 Å². The van der Waals surface area contributed by atoms with Crippen molar-refractivity contribution in [3.8, 4) is 0 Å². The van der Waals surface area contributed by atoms with E-state index in [4.69, 9.17) is 0 Å². The molecule has 0 aromatic heterocycles. The molecule has 0 atom stereocenters. The van der Waals surface area contributed by atoms with Gasteiger partial charge in [0.2, 0.25) is 0 Å². The largest absolute Gasteiger partial charge is 0.468 e. The van der Waals surface area contributed by atoms with Crippen molar-refractivity contribution in [1.82, 2.24) is 0 Å². The van der Waals surface area contributed by atoms with E-state index in [2.05, 4.69) is 62.5 Å². The van der Waals surface area contributed by atoms with Gasteiger partial charge in [-0.3, -0.25) is 4.79 Å². The van der Waals surface area contributed by atoms with E-state index in [1.54, 1.807) is 0 Å². The van der Waals surface area contributed by atoms with E-state index >= 15 is 0 Å². The number of carbonyl (C=O) groups excluding carboxylic acids is 1.